The fourth-order valence-electron chi connectivity index (χ4n) is 2.78. The summed E-state index contributed by atoms with van der Waals surface area (Å²) in [6, 6.07) is 5.15. The molecule has 21 heavy (non-hydrogen) atoms. The van der Waals surface area contributed by atoms with Crippen LogP contribution >= 0.6 is 0 Å². The quantitative estimate of drug-likeness (QED) is 0.842. The number of likely N-dealkylation sites (tertiary alicyclic amines) is 1. The lowest BCUT2D eigenvalue weighted by atomic mass is 10.2. The van der Waals surface area contributed by atoms with E-state index in [1.807, 2.05) is 12.1 Å². The van der Waals surface area contributed by atoms with E-state index < -0.39 is 0 Å². The third-order valence-electron chi connectivity index (χ3n) is 4.08. The van der Waals surface area contributed by atoms with E-state index in [2.05, 4.69) is 29.0 Å². The Bertz CT molecular complexity index is 487. The van der Waals surface area contributed by atoms with Crippen LogP contribution < -0.4 is 15.8 Å². The highest BCUT2D eigenvalue weighted by atomic mass is 16.5. The number of nitrogens with two attached hydrogens (primary N) is 1. The molecule has 0 aromatic carbocycles. The van der Waals surface area contributed by atoms with E-state index in [1.165, 1.54) is 25.8 Å². The van der Waals surface area contributed by atoms with Crippen molar-refractivity contribution in [2.75, 3.05) is 30.7 Å². The monoisotopic (exact) mass is 290 g/mol. The van der Waals surface area contributed by atoms with Gasteiger partial charge in [-0.3, -0.25) is 4.90 Å². The standard InChI is InChI=1S/C16H26N4O/c1-11(2)10-21-16-14(17)5-6-15(19-16)18-12-7-8-20(9-12)13-3-4-13/h5-6,11-13H,3-4,7-10,17H2,1-2H3,(H,18,19). The number of pyridine rings is 1. The Balaban J connectivity index is 1.58. The third-order valence-corrected chi connectivity index (χ3v) is 4.08. The highest BCUT2D eigenvalue weighted by Gasteiger charge is 2.34. The molecule has 1 unspecified atom stereocenters. The SMILES string of the molecule is CC(C)COc1nc(NC2CCN(C3CC3)C2)ccc1N. The lowest BCUT2D eigenvalue weighted by Crippen LogP contribution is -2.28. The van der Waals surface area contributed by atoms with Crippen LogP contribution in [0.2, 0.25) is 0 Å². The van der Waals surface area contributed by atoms with Gasteiger partial charge in [-0.1, -0.05) is 13.8 Å². The van der Waals surface area contributed by atoms with E-state index in [0.29, 0.717) is 30.1 Å². The van der Waals surface area contributed by atoms with Crippen molar-refractivity contribution in [3.05, 3.63) is 12.1 Å². The predicted octanol–water partition coefficient (Wildman–Crippen LogP) is 2.35. The van der Waals surface area contributed by atoms with E-state index in [4.69, 9.17) is 10.5 Å². The Morgan fingerprint density at radius 2 is 2.19 bits per heavy atom. The molecule has 1 saturated heterocycles. The Labute approximate surface area is 126 Å². The smallest absolute Gasteiger partial charge is 0.239 e. The minimum Gasteiger partial charge on any atom is -0.476 e. The second-order valence-electron chi connectivity index (χ2n) is 6.65. The molecule has 1 aliphatic carbocycles. The van der Waals surface area contributed by atoms with Gasteiger partial charge in [0.15, 0.2) is 0 Å². The summed E-state index contributed by atoms with van der Waals surface area (Å²) in [4.78, 5) is 7.10. The van der Waals surface area contributed by atoms with E-state index in [1.54, 1.807) is 0 Å². The maximum Gasteiger partial charge on any atom is 0.239 e. The van der Waals surface area contributed by atoms with E-state index in [0.717, 1.165) is 18.4 Å². The van der Waals surface area contributed by atoms with Crippen molar-refractivity contribution in [1.82, 2.24) is 9.88 Å². The molecular weight excluding hydrogens is 264 g/mol. The van der Waals surface area contributed by atoms with Crippen molar-refractivity contribution >= 4 is 11.5 Å². The first kappa shape index (κ1) is 14.4. The predicted molar refractivity (Wildman–Crippen MR) is 85.6 cm³/mol. The number of rotatable bonds is 6. The molecule has 0 radical (unpaired) electrons. The molecule has 0 spiro atoms. The van der Waals surface area contributed by atoms with Gasteiger partial charge >= 0.3 is 0 Å². The van der Waals surface area contributed by atoms with Crippen LogP contribution in [-0.4, -0.2) is 41.7 Å². The van der Waals surface area contributed by atoms with Gasteiger partial charge in [0, 0.05) is 25.2 Å². The first-order chi connectivity index (χ1) is 10.1. The van der Waals surface area contributed by atoms with Gasteiger partial charge in [0.2, 0.25) is 5.88 Å². The summed E-state index contributed by atoms with van der Waals surface area (Å²) < 4.78 is 5.69. The zero-order valence-corrected chi connectivity index (χ0v) is 13.0. The van der Waals surface area contributed by atoms with Gasteiger partial charge in [0.25, 0.3) is 0 Å². The average molecular weight is 290 g/mol. The van der Waals surface area contributed by atoms with Crippen LogP contribution in [0.4, 0.5) is 11.5 Å². The highest BCUT2D eigenvalue weighted by molar-refractivity contribution is 5.54. The summed E-state index contributed by atoms with van der Waals surface area (Å²) in [6.45, 7) is 7.19. The van der Waals surface area contributed by atoms with Crippen LogP contribution in [0.15, 0.2) is 12.1 Å². The molecule has 5 nitrogen and oxygen atoms in total. The Morgan fingerprint density at radius 1 is 1.38 bits per heavy atom. The lowest BCUT2D eigenvalue weighted by Gasteiger charge is -2.17. The number of anilines is 2. The van der Waals surface area contributed by atoms with E-state index in [9.17, 15) is 0 Å². The van der Waals surface area contributed by atoms with E-state index in [-0.39, 0.29) is 0 Å². The van der Waals surface area contributed by atoms with Crippen LogP contribution in [0.3, 0.4) is 0 Å². The average Bonchev–Trinajstić information content (AvgIpc) is 3.20. The normalized spacial score (nSPS) is 22.7. The summed E-state index contributed by atoms with van der Waals surface area (Å²) in [7, 11) is 0. The van der Waals surface area contributed by atoms with Crippen molar-refractivity contribution in [2.24, 2.45) is 5.92 Å². The number of hydrogen-bond donors (Lipinski definition) is 2. The molecule has 0 amide bonds. The molecule has 1 aromatic heterocycles. The number of nitrogen functional groups attached to an aromatic ring is 1. The summed E-state index contributed by atoms with van der Waals surface area (Å²) in [5.74, 6) is 1.88. The number of nitrogens with zero attached hydrogens (tertiary/aromatic N) is 2. The van der Waals surface area contributed by atoms with Crippen LogP contribution in [0.5, 0.6) is 5.88 Å². The van der Waals surface area contributed by atoms with Crippen molar-refractivity contribution in [1.29, 1.82) is 0 Å². The largest absolute Gasteiger partial charge is 0.476 e. The summed E-state index contributed by atoms with van der Waals surface area (Å²) in [5, 5.41) is 3.52. The van der Waals surface area contributed by atoms with Gasteiger partial charge in [-0.2, -0.15) is 4.98 Å². The fourth-order valence-corrected chi connectivity index (χ4v) is 2.78. The topological polar surface area (TPSA) is 63.4 Å². The summed E-state index contributed by atoms with van der Waals surface area (Å²) >= 11 is 0. The second-order valence-corrected chi connectivity index (χ2v) is 6.65. The van der Waals surface area contributed by atoms with Gasteiger partial charge in [-0.25, -0.2) is 0 Å². The number of nitrogens with one attached hydrogen (secondary N) is 1. The molecule has 2 aliphatic rings. The van der Waals surface area contributed by atoms with Gasteiger partial charge in [0.05, 0.1) is 12.3 Å². The maximum atomic E-state index is 5.93. The minimum atomic E-state index is 0.463. The zero-order valence-electron chi connectivity index (χ0n) is 13.0. The number of aromatic nitrogens is 1. The highest BCUT2D eigenvalue weighted by Crippen LogP contribution is 2.31. The molecule has 116 valence electrons. The molecule has 0 bridgehead atoms. The second kappa shape index (κ2) is 6.10. The molecule has 3 N–H and O–H groups in total. The lowest BCUT2D eigenvalue weighted by molar-refractivity contribution is 0.263. The van der Waals surface area contributed by atoms with Gasteiger partial charge in [-0.05, 0) is 37.3 Å². The minimum absolute atomic E-state index is 0.463. The number of ether oxygens (including phenoxy) is 1. The van der Waals surface area contributed by atoms with Crippen LogP contribution in [-0.2, 0) is 0 Å². The van der Waals surface area contributed by atoms with E-state index >= 15 is 0 Å². The van der Waals surface area contributed by atoms with Crippen molar-refractivity contribution < 1.29 is 4.74 Å². The van der Waals surface area contributed by atoms with Gasteiger partial charge < -0.3 is 15.8 Å². The van der Waals surface area contributed by atoms with Crippen LogP contribution in [0, 0.1) is 5.92 Å². The summed E-state index contributed by atoms with van der Waals surface area (Å²) in [5.41, 5.74) is 6.53. The summed E-state index contributed by atoms with van der Waals surface area (Å²) in [6.07, 6.45) is 3.94. The third kappa shape index (κ3) is 3.79. The molecule has 1 aromatic rings. The molecule has 3 rings (SSSR count). The molecule has 1 atom stereocenters. The van der Waals surface area contributed by atoms with Crippen molar-refractivity contribution in [3.63, 3.8) is 0 Å². The first-order valence-corrected chi connectivity index (χ1v) is 8.01. The molecular formula is C16H26N4O. The van der Waals surface area contributed by atoms with Crippen LogP contribution in [0.25, 0.3) is 0 Å². The van der Waals surface area contributed by atoms with Gasteiger partial charge in [-0.15, -0.1) is 0 Å². The molecule has 1 saturated carbocycles. The van der Waals surface area contributed by atoms with Crippen LogP contribution in [0.1, 0.15) is 33.1 Å². The number of hydrogen-bond acceptors (Lipinski definition) is 5. The zero-order chi connectivity index (χ0) is 14.8. The fraction of sp³-hybridized carbons (Fsp3) is 0.688. The van der Waals surface area contributed by atoms with Crippen molar-refractivity contribution in [3.8, 4) is 5.88 Å². The first-order valence-electron chi connectivity index (χ1n) is 8.01. The Hall–Kier alpha value is -1.49. The van der Waals surface area contributed by atoms with Crippen molar-refractivity contribution in [2.45, 2.75) is 45.2 Å². The van der Waals surface area contributed by atoms with Gasteiger partial charge in [0.1, 0.15) is 5.82 Å². The molecule has 5 heteroatoms. The Morgan fingerprint density at radius 3 is 2.90 bits per heavy atom. The molecule has 2 fully saturated rings. The maximum absolute atomic E-state index is 5.93. The Kier molecular flexibility index (Phi) is 4.19. The molecule has 2 heterocycles. The molecule has 1 aliphatic heterocycles.